The van der Waals surface area contributed by atoms with Gasteiger partial charge >= 0.3 is 6.03 Å². The van der Waals surface area contributed by atoms with E-state index in [1.54, 1.807) is 13.1 Å². The van der Waals surface area contributed by atoms with Gasteiger partial charge in [0.25, 0.3) is 0 Å². The molecule has 6 amide bonds. The van der Waals surface area contributed by atoms with Crippen LogP contribution in [0, 0.1) is 17.3 Å². The maximum absolute atomic E-state index is 13.6. The SMILES string of the molecule is C1CC1.C=CCNC=O.CC.CC(C)C.CCCC(NC(=O)C1[C@@H](C)CCN1C(=O)C(NC(=O)NCC(=O)N(C)CC)C(C)(C)C)C(C)=O. The first-order chi connectivity index (χ1) is 22.9. The summed E-state index contributed by atoms with van der Waals surface area (Å²) in [5.41, 5.74) is -0.643. The van der Waals surface area contributed by atoms with Gasteiger partial charge in [-0.3, -0.25) is 24.0 Å². The summed E-state index contributed by atoms with van der Waals surface area (Å²) in [6, 6.07) is -2.84. The Morgan fingerprint density at radius 3 is 1.90 bits per heavy atom. The normalized spacial score (nSPS) is 16.8. The number of ketones is 1. The molecular formula is C37H72N6O6. The summed E-state index contributed by atoms with van der Waals surface area (Å²) >= 11 is 0. The Balaban J connectivity index is -0.00000117. The molecule has 12 heteroatoms. The summed E-state index contributed by atoms with van der Waals surface area (Å²) in [6.45, 7) is 27.8. The molecule has 2 aliphatic rings. The van der Waals surface area contributed by atoms with E-state index in [0.717, 1.165) is 12.3 Å². The zero-order chi connectivity index (χ0) is 38.7. The molecule has 3 unspecified atom stereocenters. The van der Waals surface area contributed by atoms with Gasteiger partial charge in [0.2, 0.25) is 24.1 Å². The first kappa shape index (κ1) is 49.9. The lowest BCUT2D eigenvalue weighted by atomic mass is 9.85. The second-order valence-corrected chi connectivity index (χ2v) is 13.8. The molecule has 0 radical (unpaired) electrons. The van der Waals surface area contributed by atoms with Crippen LogP contribution in [0.3, 0.4) is 0 Å². The maximum atomic E-state index is 13.6. The zero-order valence-corrected chi connectivity index (χ0v) is 33.2. The molecule has 286 valence electrons. The number of amides is 6. The standard InChI is InChI=1S/C24H43N5O5.C4H7NO.C4H10.C3H6.C2H6/c1-9-11-17(16(4)30)26-21(32)19-15(3)12-13-29(19)22(33)20(24(5,6)7)27-23(34)25-14-18(31)28(8)10-2;1-2-3-5-4-6;1-4(2)3;1-2-3-1;1-2/h15,17,19-20H,9-14H2,1-8H3,(H,26,32)(H2,25,27,34);2,4H,1,3H2,(H,5,6);4H,1-3H3;1-3H2;1-2H3/t15-,17?,19?,20?;;;;/m0..../s1. The van der Waals surface area contributed by atoms with Crippen molar-refractivity contribution in [1.82, 2.24) is 31.1 Å². The average Bonchev–Trinajstić information content (AvgIpc) is 3.88. The molecular weight excluding hydrogens is 624 g/mol. The Labute approximate surface area is 298 Å². The highest BCUT2D eigenvalue weighted by Crippen LogP contribution is 2.29. The van der Waals surface area contributed by atoms with Gasteiger partial charge in [0.1, 0.15) is 12.1 Å². The van der Waals surface area contributed by atoms with Crippen LogP contribution in [0.25, 0.3) is 0 Å². The van der Waals surface area contributed by atoms with Gasteiger partial charge in [0.15, 0.2) is 5.78 Å². The van der Waals surface area contributed by atoms with Gasteiger partial charge in [-0.2, -0.15) is 0 Å². The molecule has 0 aromatic heterocycles. The van der Waals surface area contributed by atoms with E-state index < -0.39 is 29.6 Å². The van der Waals surface area contributed by atoms with E-state index in [1.165, 1.54) is 36.0 Å². The number of carbonyl (C=O) groups excluding carboxylic acids is 6. The number of nitrogens with one attached hydrogen (secondary N) is 4. The van der Waals surface area contributed by atoms with Gasteiger partial charge in [-0.05, 0) is 43.9 Å². The lowest BCUT2D eigenvalue weighted by Crippen LogP contribution is -2.60. The van der Waals surface area contributed by atoms with Crippen molar-refractivity contribution in [3.05, 3.63) is 12.7 Å². The summed E-state index contributed by atoms with van der Waals surface area (Å²) in [4.78, 5) is 75.6. The van der Waals surface area contributed by atoms with Crippen molar-refractivity contribution in [2.24, 2.45) is 17.3 Å². The zero-order valence-electron chi connectivity index (χ0n) is 33.2. The minimum atomic E-state index is -0.911. The number of rotatable bonds is 13. The Morgan fingerprint density at radius 2 is 1.53 bits per heavy atom. The molecule has 12 nitrogen and oxygen atoms in total. The fourth-order valence-corrected chi connectivity index (χ4v) is 4.11. The predicted molar refractivity (Wildman–Crippen MR) is 200 cm³/mol. The van der Waals surface area contributed by atoms with Crippen LogP contribution in [0.4, 0.5) is 4.79 Å². The van der Waals surface area contributed by atoms with Crippen LogP contribution < -0.4 is 21.3 Å². The molecule has 1 heterocycles. The third-order valence-electron chi connectivity index (χ3n) is 7.02. The quantitative estimate of drug-likeness (QED) is 0.120. The van der Waals surface area contributed by atoms with E-state index in [9.17, 15) is 28.8 Å². The minimum absolute atomic E-state index is 0.0881. The van der Waals surface area contributed by atoms with E-state index >= 15 is 0 Å². The minimum Gasteiger partial charge on any atom is -0.355 e. The predicted octanol–water partition coefficient (Wildman–Crippen LogP) is 5.07. The largest absolute Gasteiger partial charge is 0.355 e. The third kappa shape index (κ3) is 24.4. The number of nitrogens with zero attached hydrogens (tertiary/aromatic N) is 2. The number of likely N-dealkylation sites (tertiary alicyclic amines) is 1. The van der Waals surface area contributed by atoms with Crippen LogP contribution in [0.5, 0.6) is 0 Å². The number of hydrogen-bond acceptors (Lipinski definition) is 6. The van der Waals surface area contributed by atoms with Gasteiger partial charge in [-0.1, -0.05) is 101 Å². The monoisotopic (exact) mass is 697 g/mol. The van der Waals surface area contributed by atoms with E-state index in [2.05, 4.69) is 48.6 Å². The first-order valence-electron chi connectivity index (χ1n) is 18.1. The Hall–Kier alpha value is -3.44. The molecule has 2 fully saturated rings. The summed E-state index contributed by atoms with van der Waals surface area (Å²) in [7, 11) is 1.64. The molecule has 1 saturated heterocycles. The number of urea groups is 1. The lowest BCUT2D eigenvalue weighted by Gasteiger charge is -2.36. The average molecular weight is 697 g/mol. The highest BCUT2D eigenvalue weighted by Gasteiger charge is 2.45. The molecule has 1 aliphatic heterocycles. The van der Waals surface area contributed by atoms with Gasteiger partial charge in [0, 0.05) is 26.7 Å². The van der Waals surface area contributed by atoms with Crippen molar-refractivity contribution < 1.29 is 28.8 Å². The van der Waals surface area contributed by atoms with Crippen molar-refractivity contribution in [3.8, 4) is 0 Å². The van der Waals surface area contributed by atoms with E-state index in [1.807, 2.05) is 55.4 Å². The van der Waals surface area contributed by atoms with Crippen molar-refractivity contribution in [2.75, 3.05) is 33.2 Å². The summed E-state index contributed by atoms with van der Waals surface area (Å²) < 4.78 is 0. The second-order valence-electron chi connectivity index (χ2n) is 13.8. The maximum Gasteiger partial charge on any atom is 0.315 e. The third-order valence-corrected chi connectivity index (χ3v) is 7.02. The van der Waals surface area contributed by atoms with Crippen molar-refractivity contribution in [2.45, 2.75) is 140 Å². The Kier molecular flexibility index (Phi) is 28.9. The van der Waals surface area contributed by atoms with Crippen LogP contribution >= 0.6 is 0 Å². The smallest absolute Gasteiger partial charge is 0.315 e. The molecule has 1 aliphatic carbocycles. The van der Waals surface area contributed by atoms with Crippen molar-refractivity contribution >= 4 is 35.9 Å². The topological polar surface area (TPSA) is 157 Å². The highest BCUT2D eigenvalue weighted by molar-refractivity contribution is 5.95. The lowest BCUT2D eigenvalue weighted by molar-refractivity contribution is -0.143. The van der Waals surface area contributed by atoms with Crippen molar-refractivity contribution in [3.63, 3.8) is 0 Å². The van der Waals surface area contributed by atoms with Gasteiger partial charge in [-0.15, -0.1) is 6.58 Å². The second kappa shape index (κ2) is 28.4. The van der Waals surface area contributed by atoms with Crippen LogP contribution in [-0.2, 0) is 24.0 Å². The molecule has 0 aromatic rings. The van der Waals surface area contributed by atoms with E-state index in [0.29, 0.717) is 38.9 Å². The van der Waals surface area contributed by atoms with Gasteiger partial charge < -0.3 is 31.1 Å². The van der Waals surface area contributed by atoms with Crippen molar-refractivity contribution in [1.29, 1.82) is 0 Å². The van der Waals surface area contributed by atoms with Crippen LogP contribution in [0.15, 0.2) is 12.7 Å². The fourth-order valence-electron chi connectivity index (χ4n) is 4.11. The first-order valence-corrected chi connectivity index (χ1v) is 18.1. The molecule has 2 rings (SSSR count). The molecule has 0 spiro atoms. The molecule has 4 atom stereocenters. The summed E-state index contributed by atoms with van der Waals surface area (Å²) in [5, 5.41) is 10.4. The molecule has 1 saturated carbocycles. The van der Waals surface area contributed by atoms with Gasteiger partial charge in [-0.25, -0.2) is 4.79 Å². The van der Waals surface area contributed by atoms with Crippen LogP contribution in [0.1, 0.15) is 122 Å². The van der Waals surface area contributed by atoms with E-state index in [-0.39, 0.29) is 36.0 Å². The number of likely N-dealkylation sites (N-methyl/N-ethyl adjacent to an activating group) is 1. The fraction of sp³-hybridized carbons (Fsp3) is 0.784. The van der Waals surface area contributed by atoms with Crippen LogP contribution in [-0.4, -0.2) is 97.1 Å². The molecule has 4 N–H and O–H groups in total. The molecule has 49 heavy (non-hydrogen) atoms. The number of hydrogen-bond donors (Lipinski definition) is 4. The summed E-state index contributed by atoms with van der Waals surface area (Å²) in [5.74, 6) is -0.326. The Bertz CT molecular complexity index is 965. The van der Waals surface area contributed by atoms with Crippen LogP contribution in [0.2, 0.25) is 0 Å². The molecule has 0 bridgehead atoms. The van der Waals surface area contributed by atoms with E-state index in [4.69, 9.17) is 0 Å². The number of carbonyl (C=O) groups is 6. The highest BCUT2D eigenvalue weighted by atomic mass is 16.2. The molecule has 0 aromatic carbocycles. The van der Waals surface area contributed by atoms with Gasteiger partial charge in [0.05, 0.1) is 12.6 Å². The summed E-state index contributed by atoms with van der Waals surface area (Å²) in [6.07, 6.45) is 8.68. The Morgan fingerprint density at radius 1 is 1.00 bits per heavy atom. The number of Topliss-reactive ketones (excluding diaryl/α,β-unsaturated/α-hetero) is 1.